The zero-order chi connectivity index (χ0) is 12.9. The van der Waals surface area contributed by atoms with Gasteiger partial charge >= 0.3 is 5.97 Å². The number of esters is 1. The second-order valence-corrected chi connectivity index (χ2v) is 5.59. The minimum atomic E-state index is -0.467. The van der Waals surface area contributed by atoms with E-state index in [2.05, 4.69) is 13.8 Å². The van der Waals surface area contributed by atoms with Crippen molar-refractivity contribution in [2.24, 2.45) is 23.0 Å². The average molecular weight is 241 g/mol. The molecular formula is C14H27NO2. The number of rotatable bonds is 6. The molecule has 0 amide bonds. The van der Waals surface area contributed by atoms with Gasteiger partial charge in [-0.2, -0.15) is 0 Å². The quantitative estimate of drug-likeness (QED) is 0.727. The van der Waals surface area contributed by atoms with E-state index < -0.39 is 5.41 Å². The van der Waals surface area contributed by atoms with Crippen molar-refractivity contribution in [1.82, 2.24) is 0 Å². The highest BCUT2D eigenvalue weighted by atomic mass is 16.5. The van der Waals surface area contributed by atoms with Crippen molar-refractivity contribution < 1.29 is 9.53 Å². The van der Waals surface area contributed by atoms with Crippen LogP contribution in [0.2, 0.25) is 0 Å². The van der Waals surface area contributed by atoms with Crippen LogP contribution in [0.4, 0.5) is 0 Å². The molecule has 0 radical (unpaired) electrons. The predicted octanol–water partition coefficient (Wildman–Crippen LogP) is 2.73. The standard InChI is InChI=1S/C14H27NO2/c1-4-17-13(16)14(10-15,11(2)3)9-12-7-5-6-8-12/h11-12H,4-10,15H2,1-3H3. The molecule has 0 aromatic heterocycles. The van der Waals surface area contributed by atoms with E-state index in [0.717, 1.165) is 6.42 Å². The number of carbonyl (C=O) groups is 1. The van der Waals surface area contributed by atoms with Crippen LogP contribution < -0.4 is 5.73 Å². The predicted molar refractivity (Wildman–Crippen MR) is 69.5 cm³/mol. The van der Waals surface area contributed by atoms with Gasteiger partial charge in [0.25, 0.3) is 0 Å². The SMILES string of the molecule is CCOC(=O)C(CN)(CC1CCCC1)C(C)C. The summed E-state index contributed by atoms with van der Waals surface area (Å²) in [4.78, 5) is 12.2. The first-order valence-corrected chi connectivity index (χ1v) is 6.94. The minimum Gasteiger partial charge on any atom is -0.466 e. The van der Waals surface area contributed by atoms with E-state index in [1.54, 1.807) is 0 Å². The van der Waals surface area contributed by atoms with Crippen LogP contribution in [0.25, 0.3) is 0 Å². The minimum absolute atomic E-state index is 0.0931. The fraction of sp³-hybridized carbons (Fsp3) is 0.929. The number of ether oxygens (including phenoxy) is 1. The lowest BCUT2D eigenvalue weighted by atomic mass is 9.70. The highest BCUT2D eigenvalue weighted by Gasteiger charge is 2.43. The van der Waals surface area contributed by atoms with Gasteiger partial charge in [0.2, 0.25) is 0 Å². The summed E-state index contributed by atoms with van der Waals surface area (Å²) in [6, 6.07) is 0. The van der Waals surface area contributed by atoms with Crippen LogP contribution in [0.5, 0.6) is 0 Å². The van der Waals surface area contributed by atoms with E-state index >= 15 is 0 Å². The van der Waals surface area contributed by atoms with Crippen molar-refractivity contribution in [2.45, 2.75) is 52.9 Å². The normalized spacial score (nSPS) is 20.5. The van der Waals surface area contributed by atoms with Crippen LogP contribution >= 0.6 is 0 Å². The fourth-order valence-electron chi connectivity index (χ4n) is 2.96. The second kappa shape index (κ2) is 6.39. The van der Waals surface area contributed by atoms with Crippen molar-refractivity contribution >= 4 is 5.97 Å². The van der Waals surface area contributed by atoms with Gasteiger partial charge in [-0.25, -0.2) is 0 Å². The molecule has 0 heterocycles. The summed E-state index contributed by atoms with van der Waals surface area (Å²) < 4.78 is 5.25. The molecule has 3 nitrogen and oxygen atoms in total. The van der Waals surface area contributed by atoms with Gasteiger partial charge in [0, 0.05) is 6.54 Å². The maximum Gasteiger partial charge on any atom is 0.313 e. The van der Waals surface area contributed by atoms with Crippen molar-refractivity contribution in [2.75, 3.05) is 13.2 Å². The molecule has 1 atom stereocenters. The summed E-state index contributed by atoms with van der Waals surface area (Å²) in [6.45, 7) is 6.87. The average Bonchev–Trinajstić information content (AvgIpc) is 2.78. The molecule has 0 aliphatic heterocycles. The van der Waals surface area contributed by atoms with Gasteiger partial charge in [0.05, 0.1) is 12.0 Å². The Morgan fingerprint density at radius 3 is 2.41 bits per heavy atom. The Labute approximate surface area is 105 Å². The van der Waals surface area contributed by atoms with Gasteiger partial charge in [-0.05, 0) is 25.2 Å². The van der Waals surface area contributed by atoms with Gasteiger partial charge in [-0.1, -0.05) is 39.5 Å². The van der Waals surface area contributed by atoms with Crippen LogP contribution in [0.3, 0.4) is 0 Å². The number of carbonyl (C=O) groups excluding carboxylic acids is 1. The third-order valence-electron chi connectivity index (χ3n) is 4.28. The van der Waals surface area contributed by atoms with Gasteiger partial charge in [0.15, 0.2) is 0 Å². The van der Waals surface area contributed by atoms with Crippen LogP contribution in [0.1, 0.15) is 52.9 Å². The van der Waals surface area contributed by atoms with E-state index in [4.69, 9.17) is 10.5 Å². The molecule has 1 aliphatic rings. The summed E-state index contributed by atoms with van der Waals surface area (Å²) in [5.74, 6) is 0.807. The van der Waals surface area contributed by atoms with E-state index in [-0.39, 0.29) is 11.9 Å². The first-order chi connectivity index (χ1) is 8.06. The molecule has 0 bridgehead atoms. The Bertz CT molecular complexity index is 247. The van der Waals surface area contributed by atoms with Gasteiger partial charge in [0.1, 0.15) is 0 Å². The van der Waals surface area contributed by atoms with Crippen LogP contribution in [0, 0.1) is 17.3 Å². The molecule has 1 aliphatic carbocycles. The molecule has 0 aromatic rings. The lowest BCUT2D eigenvalue weighted by Gasteiger charge is -2.36. The zero-order valence-electron chi connectivity index (χ0n) is 11.5. The van der Waals surface area contributed by atoms with Crippen molar-refractivity contribution in [3.05, 3.63) is 0 Å². The van der Waals surface area contributed by atoms with Gasteiger partial charge in [-0.3, -0.25) is 4.79 Å². The number of hydrogen-bond acceptors (Lipinski definition) is 3. The molecule has 1 fully saturated rings. The number of nitrogens with two attached hydrogens (primary N) is 1. The maximum atomic E-state index is 12.2. The van der Waals surface area contributed by atoms with Crippen molar-refractivity contribution in [3.8, 4) is 0 Å². The first kappa shape index (κ1) is 14.5. The maximum absolute atomic E-state index is 12.2. The molecule has 0 spiro atoms. The van der Waals surface area contributed by atoms with E-state index in [9.17, 15) is 4.79 Å². The lowest BCUT2D eigenvalue weighted by molar-refractivity contribution is -0.159. The van der Waals surface area contributed by atoms with Crippen LogP contribution in [-0.2, 0) is 9.53 Å². The topological polar surface area (TPSA) is 52.3 Å². The molecule has 17 heavy (non-hydrogen) atoms. The zero-order valence-corrected chi connectivity index (χ0v) is 11.5. The summed E-state index contributed by atoms with van der Waals surface area (Å²) in [5.41, 5.74) is 5.45. The van der Waals surface area contributed by atoms with Gasteiger partial charge < -0.3 is 10.5 Å². The molecule has 1 unspecified atom stereocenters. The van der Waals surface area contributed by atoms with Crippen LogP contribution in [-0.4, -0.2) is 19.1 Å². The summed E-state index contributed by atoms with van der Waals surface area (Å²) in [7, 11) is 0. The molecule has 0 aromatic carbocycles. The Morgan fingerprint density at radius 2 is 2.00 bits per heavy atom. The largest absolute Gasteiger partial charge is 0.466 e. The third kappa shape index (κ3) is 3.21. The monoisotopic (exact) mass is 241 g/mol. The molecule has 100 valence electrons. The Hall–Kier alpha value is -0.570. The molecule has 1 rings (SSSR count). The lowest BCUT2D eigenvalue weighted by Crippen LogP contribution is -2.45. The molecule has 1 saturated carbocycles. The molecule has 0 saturated heterocycles. The van der Waals surface area contributed by atoms with Crippen molar-refractivity contribution in [1.29, 1.82) is 0 Å². The molecule has 2 N–H and O–H groups in total. The first-order valence-electron chi connectivity index (χ1n) is 6.94. The summed E-state index contributed by atoms with van der Waals surface area (Å²) in [6.07, 6.45) is 5.99. The Balaban J connectivity index is 2.78. The number of hydrogen-bond donors (Lipinski definition) is 1. The molecule has 3 heteroatoms. The highest BCUT2D eigenvalue weighted by molar-refractivity contribution is 5.77. The van der Waals surface area contributed by atoms with Gasteiger partial charge in [-0.15, -0.1) is 0 Å². The molecular weight excluding hydrogens is 214 g/mol. The third-order valence-corrected chi connectivity index (χ3v) is 4.28. The second-order valence-electron chi connectivity index (χ2n) is 5.59. The van der Waals surface area contributed by atoms with E-state index in [1.807, 2.05) is 6.92 Å². The summed E-state index contributed by atoms with van der Waals surface area (Å²) >= 11 is 0. The van der Waals surface area contributed by atoms with Crippen LogP contribution in [0.15, 0.2) is 0 Å². The summed E-state index contributed by atoms with van der Waals surface area (Å²) in [5, 5.41) is 0. The van der Waals surface area contributed by atoms with E-state index in [0.29, 0.717) is 19.1 Å². The van der Waals surface area contributed by atoms with Crippen molar-refractivity contribution in [3.63, 3.8) is 0 Å². The smallest absolute Gasteiger partial charge is 0.313 e. The Kier molecular flexibility index (Phi) is 5.44. The fourth-order valence-corrected chi connectivity index (χ4v) is 2.96. The Morgan fingerprint density at radius 1 is 1.41 bits per heavy atom. The van der Waals surface area contributed by atoms with E-state index in [1.165, 1.54) is 25.7 Å². The highest BCUT2D eigenvalue weighted by Crippen LogP contribution is 2.40.